The fourth-order valence-corrected chi connectivity index (χ4v) is 5.48. The third kappa shape index (κ3) is 4.66. The van der Waals surface area contributed by atoms with E-state index in [2.05, 4.69) is 15.9 Å². The van der Waals surface area contributed by atoms with Gasteiger partial charge in [-0.1, -0.05) is 39.3 Å². The molecule has 0 bridgehead atoms. The predicted octanol–water partition coefficient (Wildman–Crippen LogP) is -0.734. The van der Waals surface area contributed by atoms with Crippen molar-refractivity contribution >= 4 is 57.0 Å². The molecule has 1 fully saturated rings. The van der Waals surface area contributed by atoms with Gasteiger partial charge in [-0.15, -0.1) is 0 Å². The van der Waals surface area contributed by atoms with Crippen LogP contribution in [0.2, 0.25) is 5.02 Å². The van der Waals surface area contributed by atoms with Gasteiger partial charge in [0.2, 0.25) is 5.91 Å². The van der Waals surface area contributed by atoms with Crippen LogP contribution in [0.25, 0.3) is 0 Å². The molecule has 1 aromatic rings. The van der Waals surface area contributed by atoms with Crippen LogP contribution in [0.3, 0.4) is 0 Å². The van der Waals surface area contributed by atoms with E-state index in [-0.39, 0.29) is 81.8 Å². The quantitative estimate of drug-likeness (QED) is 0.380. The van der Waals surface area contributed by atoms with Crippen molar-refractivity contribution < 1.29 is 75.6 Å². The van der Waals surface area contributed by atoms with E-state index in [1.54, 1.807) is 6.07 Å². The number of carbonyl (C=O) groups excluding carboxylic acids is 3. The topological polar surface area (TPSA) is 86.7 Å². The number of amides is 1. The molecule has 1 saturated heterocycles. The first kappa shape index (κ1) is 23.4. The molecular formula is C17H14BrClKNO5S. The van der Waals surface area contributed by atoms with Crippen molar-refractivity contribution in [3.05, 3.63) is 37.8 Å². The maximum Gasteiger partial charge on any atom is 1.00 e. The van der Waals surface area contributed by atoms with Gasteiger partial charge in [0.15, 0.2) is 0 Å². The van der Waals surface area contributed by atoms with Gasteiger partial charge in [0, 0.05) is 15.8 Å². The number of hydrogen-bond donors (Lipinski definition) is 0. The van der Waals surface area contributed by atoms with Crippen LogP contribution in [0, 0.1) is 12.8 Å². The van der Waals surface area contributed by atoms with Gasteiger partial charge in [-0.25, -0.2) is 0 Å². The maximum absolute atomic E-state index is 12.2. The molecule has 2 heterocycles. The Labute approximate surface area is 216 Å². The Morgan fingerprint density at radius 1 is 1.41 bits per heavy atom. The molecule has 0 spiro atoms. The number of nitrogens with zero attached hydrogens (tertiary/aromatic N) is 1. The third-order valence-electron chi connectivity index (χ3n) is 4.16. The minimum atomic E-state index is -1.44. The number of rotatable bonds is 6. The summed E-state index contributed by atoms with van der Waals surface area (Å²) in [6, 6.07) is 3.51. The Balaban J connectivity index is 0.00000261. The normalized spacial score (nSPS) is 20.7. The van der Waals surface area contributed by atoms with E-state index in [4.69, 9.17) is 16.3 Å². The summed E-state index contributed by atoms with van der Waals surface area (Å²) in [6.45, 7) is 3.18. The number of thioether (sulfide) groups is 1. The summed E-state index contributed by atoms with van der Waals surface area (Å²) in [6.07, 6.45) is 0.0963. The van der Waals surface area contributed by atoms with Crippen molar-refractivity contribution in [2.45, 2.75) is 25.6 Å². The van der Waals surface area contributed by atoms with Gasteiger partial charge < -0.3 is 19.4 Å². The van der Waals surface area contributed by atoms with Gasteiger partial charge >= 0.3 is 51.4 Å². The van der Waals surface area contributed by atoms with E-state index in [1.165, 1.54) is 23.6 Å². The SMILES string of the molecule is CC(=O)C[C@@H]1C(=O)N2C(C(=O)[O-])=C(COc3c(C)cc(Br)cc3Cl)S[C@H]12.[K+]. The molecule has 2 aliphatic rings. The monoisotopic (exact) mass is 497 g/mol. The molecule has 138 valence electrons. The van der Waals surface area contributed by atoms with E-state index in [0.29, 0.717) is 15.7 Å². The molecular weight excluding hydrogens is 485 g/mol. The van der Waals surface area contributed by atoms with E-state index < -0.39 is 17.3 Å². The van der Waals surface area contributed by atoms with Crippen LogP contribution in [-0.4, -0.2) is 34.5 Å². The van der Waals surface area contributed by atoms with Gasteiger partial charge in [-0.05, 0) is 31.5 Å². The van der Waals surface area contributed by atoms with Crippen LogP contribution < -0.4 is 61.2 Å². The van der Waals surface area contributed by atoms with Crippen LogP contribution in [0.15, 0.2) is 27.2 Å². The number of ether oxygens (including phenoxy) is 1. The molecule has 6 nitrogen and oxygen atoms in total. The van der Waals surface area contributed by atoms with Crippen molar-refractivity contribution in [1.29, 1.82) is 0 Å². The number of β-lactam (4-membered cyclic amide) rings is 1. The van der Waals surface area contributed by atoms with E-state index >= 15 is 0 Å². The summed E-state index contributed by atoms with van der Waals surface area (Å²) in [5.74, 6) is -1.99. The Kier molecular flexibility index (Phi) is 8.06. The fourth-order valence-electron chi connectivity index (χ4n) is 3.05. The van der Waals surface area contributed by atoms with Crippen LogP contribution in [-0.2, 0) is 14.4 Å². The zero-order chi connectivity index (χ0) is 19.2. The van der Waals surface area contributed by atoms with Crippen LogP contribution in [0.5, 0.6) is 5.75 Å². The summed E-state index contributed by atoms with van der Waals surface area (Å²) in [4.78, 5) is 36.7. The van der Waals surface area contributed by atoms with E-state index in [1.807, 2.05) is 13.0 Å². The molecule has 0 N–H and O–H groups in total. The second-order valence-electron chi connectivity index (χ2n) is 6.11. The molecule has 0 unspecified atom stereocenters. The Morgan fingerprint density at radius 2 is 2.07 bits per heavy atom. The third-order valence-corrected chi connectivity index (χ3v) is 6.28. The predicted molar refractivity (Wildman–Crippen MR) is 98.4 cm³/mol. The first-order valence-electron chi connectivity index (χ1n) is 7.72. The van der Waals surface area contributed by atoms with Crippen molar-refractivity contribution in [3.63, 3.8) is 0 Å². The van der Waals surface area contributed by atoms with Gasteiger partial charge in [0.05, 0.1) is 28.0 Å². The fraction of sp³-hybridized carbons (Fsp3) is 0.353. The molecule has 27 heavy (non-hydrogen) atoms. The Bertz CT molecular complexity index is 839. The Morgan fingerprint density at radius 3 is 2.63 bits per heavy atom. The van der Waals surface area contributed by atoms with Crippen LogP contribution >= 0.6 is 39.3 Å². The number of fused-ring (bicyclic) bond motifs is 1. The molecule has 0 saturated carbocycles. The summed E-state index contributed by atoms with van der Waals surface area (Å²) in [5, 5.41) is 11.5. The number of ketones is 1. The number of benzene rings is 1. The zero-order valence-electron chi connectivity index (χ0n) is 14.9. The van der Waals surface area contributed by atoms with Crippen LogP contribution in [0.1, 0.15) is 18.9 Å². The summed E-state index contributed by atoms with van der Waals surface area (Å²) in [7, 11) is 0. The maximum atomic E-state index is 12.2. The number of hydrogen-bond acceptors (Lipinski definition) is 6. The second-order valence-corrected chi connectivity index (χ2v) is 8.65. The minimum absolute atomic E-state index is 0. The molecule has 2 aliphatic heterocycles. The molecule has 3 rings (SSSR count). The average Bonchev–Trinajstić information content (AvgIpc) is 2.87. The number of carboxylic acids is 1. The Hall–Kier alpha value is 0.126. The first-order chi connectivity index (χ1) is 12.2. The number of carboxylic acid groups (broad SMARTS) is 1. The number of aliphatic carboxylic acids is 1. The number of Topliss-reactive ketones (excluding diaryl/α,β-unsaturated/α-hetero) is 1. The van der Waals surface area contributed by atoms with Crippen molar-refractivity contribution in [2.24, 2.45) is 5.92 Å². The molecule has 1 amide bonds. The number of aryl methyl sites for hydroxylation is 1. The summed E-state index contributed by atoms with van der Waals surface area (Å²) < 4.78 is 6.54. The summed E-state index contributed by atoms with van der Waals surface area (Å²) >= 11 is 10.7. The second kappa shape index (κ2) is 9.29. The molecule has 0 aromatic heterocycles. The van der Waals surface area contributed by atoms with Gasteiger partial charge in [-0.2, -0.15) is 0 Å². The standard InChI is InChI=1S/C17H15BrClNO5S.K/c1-7-3-9(18)5-11(19)14(7)25-6-12-13(17(23)24)20-15(22)10(4-8(2)21)16(20)26-12;/h3,5,10,16H,4,6H2,1-2H3,(H,23,24);/q;+1/p-1/t10-,16-;/m1./s1. The average molecular weight is 499 g/mol. The smallest absolute Gasteiger partial charge is 0.543 e. The number of carbonyl (C=O) groups is 3. The van der Waals surface area contributed by atoms with Crippen molar-refractivity contribution in [1.82, 2.24) is 4.90 Å². The van der Waals surface area contributed by atoms with Gasteiger partial charge in [0.25, 0.3) is 0 Å². The van der Waals surface area contributed by atoms with Crippen LogP contribution in [0.4, 0.5) is 0 Å². The summed E-state index contributed by atoms with van der Waals surface area (Å²) in [5.41, 5.74) is 0.604. The largest absolute Gasteiger partial charge is 1.00 e. The van der Waals surface area contributed by atoms with Gasteiger partial charge in [0.1, 0.15) is 18.1 Å². The van der Waals surface area contributed by atoms with E-state index in [9.17, 15) is 19.5 Å². The molecule has 0 aliphatic carbocycles. The zero-order valence-corrected chi connectivity index (χ0v) is 21.2. The molecule has 10 heteroatoms. The van der Waals surface area contributed by atoms with E-state index in [0.717, 1.165) is 10.0 Å². The molecule has 1 aromatic carbocycles. The minimum Gasteiger partial charge on any atom is -0.543 e. The van der Waals surface area contributed by atoms with Crippen molar-refractivity contribution in [3.8, 4) is 5.75 Å². The molecule has 0 radical (unpaired) electrons. The van der Waals surface area contributed by atoms with Crippen molar-refractivity contribution in [2.75, 3.05) is 6.61 Å². The van der Waals surface area contributed by atoms with Gasteiger partial charge in [-0.3, -0.25) is 9.69 Å². The molecule has 2 atom stereocenters. The first-order valence-corrected chi connectivity index (χ1v) is 9.78. The number of halogens is 2.